The van der Waals surface area contributed by atoms with Gasteiger partial charge in [0.2, 0.25) is 0 Å². The van der Waals surface area contributed by atoms with Crippen LogP contribution in [0.3, 0.4) is 0 Å². The molecule has 0 N–H and O–H groups in total. The number of benzene rings is 1. The van der Waals surface area contributed by atoms with Gasteiger partial charge in [-0.2, -0.15) is 0 Å². The van der Waals surface area contributed by atoms with Gasteiger partial charge in [0.15, 0.2) is 0 Å². The Hall–Kier alpha value is 0.740. The highest BCUT2D eigenvalue weighted by Crippen LogP contribution is 2.33. The highest BCUT2D eigenvalue weighted by Gasteiger charge is 2.08. The Morgan fingerprint density at radius 3 is 3.00 bits per heavy atom. The zero-order valence-electron chi connectivity index (χ0n) is 6.55. The third kappa shape index (κ3) is 1.78. The second kappa shape index (κ2) is 4.08. The lowest BCUT2D eigenvalue weighted by Gasteiger charge is -2.04. The predicted octanol–water partition coefficient (Wildman–Crippen LogP) is 4.69. The van der Waals surface area contributed by atoms with E-state index in [1.54, 1.807) is 11.3 Å². The Morgan fingerprint density at radius 2 is 2.31 bits per heavy atom. The smallest absolute Gasteiger partial charge is 0.0357 e. The molecule has 0 atom stereocenters. The predicted molar refractivity (Wildman–Crippen MR) is 74.4 cm³/mol. The molecule has 0 aliphatic carbocycles. The summed E-state index contributed by atoms with van der Waals surface area (Å²) in [6.45, 7) is 0. The summed E-state index contributed by atoms with van der Waals surface area (Å²) in [6, 6.07) is 4.36. The number of fused-ring (bicyclic) bond motifs is 1. The van der Waals surface area contributed by atoms with Crippen molar-refractivity contribution in [3.63, 3.8) is 0 Å². The van der Waals surface area contributed by atoms with E-state index < -0.39 is 0 Å². The van der Waals surface area contributed by atoms with Crippen LogP contribution in [0.5, 0.6) is 0 Å². The van der Waals surface area contributed by atoms with Crippen molar-refractivity contribution in [3.05, 3.63) is 26.6 Å². The van der Waals surface area contributed by atoms with E-state index in [1.165, 1.54) is 19.2 Å². The standard InChI is InChI=1S/C9H6BrIS2/c10-4-5-3-7-6(1-2-13-7)8(11)9(5)12/h1-3,12H,4H2. The topological polar surface area (TPSA) is 0 Å². The summed E-state index contributed by atoms with van der Waals surface area (Å²) in [7, 11) is 0. The lowest BCUT2D eigenvalue weighted by molar-refractivity contribution is 1.29. The summed E-state index contributed by atoms with van der Waals surface area (Å²) in [5, 5.41) is 4.31. The zero-order valence-corrected chi connectivity index (χ0v) is 12.0. The summed E-state index contributed by atoms with van der Waals surface area (Å²) < 4.78 is 2.60. The van der Waals surface area contributed by atoms with Gasteiger partial charge in [0, 0.05) is 23.9 Å². The van der Waals surface area contributed by atoms with Crippen LogP contribution in [-0.4, -0.2) is 0 Å². The first-order valence-corrected chi connectivity index (χ1v) is 7.20. The van der Waals surface area contributed by atoms with Crippen molar-refractivity contribution in [1.82, 2.24) is 0 Å². The minimum absolute atomic E-state index is 0.871. The van der Waals surface area contributed by atoms with Gasteiger partial charge in [0.05, 0.1) is 0 Å². The van der Waals surface area contributed by atoms with Gasteiger partial charge in [-0.1, -0.05) is 15.9 Å². The van der Waals surface area contributed by atoms with Crippen LogP contribution in [0.15, 0.2) is 22.4 Å². The van der Waals surface area contributed by atoms with Crippen LogP contribution in [0.1, 0.15) is 5.56 Å². The van der Waals surface area contributed by atoms with Gasteiger partial charge in [-0.25, -0.2) is 0 Å². The Bertz CT molecular complexity index is 450. The van der Waals surface area contributed by atoms with Gasteiger partial charge in [0.25, 0.3) is 0 Å². The zero-order chi connectivity index (χ0) is 9.42. The summed E-state index contributed by atoms with van der Waals surface area (Å²) in [4.78, 5) is 1.10. The Balaban J connectivity index is 2.83. The van der Waals surface area contributed by atoms with Crippen LogP contribution in [0.2, 0.25) is 0 Å². The molecule has 1 aromatic carbocycles. The van der Waals surface area contributed by atoms with Crippen LogP contribution in [0.25, 0.3) is 10.1 Å². The van der Waals surface area contributed by atoms with Gasteiger partial charge in [-0.15, -0.1) is 24.0 Å². The van der Waals surface area contributed by atoms with Gasteiger partial charge < -0.3 is 0 Å². The van der Waals surface area contributed by atoms with Crippen LogP contribution in [-0.2, 0) is 5.33 Å². The summed E-state index contributed by atoms with van der Waals surface area (Å²) in [5.41, 5.74) is 1.27. The number of thiol groups is 1. The number of hydrogen-bond donors (Lipinski definition) is 1. The molecule has 0 radical (unpaired) electrons. The molecule has 0 amide bonds. The molecule has 0 saturated carbocycles. The molecule has 68 valence electrons. The van der Waals surface area contributed by atoms with E-state index in [2.05, 4.69) is 68.7 Å². The summed E-state index contributed by atoms with van der Waals surface area (Å²) >= 11 is 12.1. The molecule has 1 aromatic heterocycles. The van der Waals surface area contributed by atoms with Gasteiger partial charge >= 0.3 is 0 Å². The van der Waals surface area contributed by atoms with Crippen molar-refractivity contribution in [1.29, 1.82) is 0 Å². The Kier molecular flexibility index (Phi) is 3.22. The minimum atomic E-state index is 0.871. The van der Waals surface area contributed by atoms with E-state index in [0.29, 0.717) is 0 Å². The largest absolute Gasteiger partial charge is 0.144 e. The van der Waals surface area contributed by atoms with Crippen LogP contribution in [0.4, 0.5) is 0 Å². The van der Waals surface area contributed by atoms with Crippen LogP contribution < -0.4 is 0 Å². The van der Waals surface area contributed by atoms with E-state index in [4.69, 9.17) is 0 Å². The van der Waals surface area contributed by atoms with Gasteiger partial charge in [0.1, 0.15) is 0 Å². The summed E-state index contributed by atoms with van der Waals surface area (Å²) in [5.74, 6) is 0. The average Bonchev–Trinajstić information content (AvgIpc) is 2.59. The number of halogens is 2. The molecule has 0 aliphatic heterocycles. The first-order chi connectivity index (χ1) is 6.24. The molecule has 4 heteroatoms. The highest BCUT2D eigenvalue weighted by molar-refractivity contribution is 14.1. The maximum Gasteiger partial charge on any atom is 0.0357 e. The molecule has 0 aliphatic rings. The highest BCUT2D eigenvalue weighted by atomic mass is 127. The normalized spacial score (nSPS) is 11.0. The minimum Gasteiger partial charge on any atom is -0.144 e. The van der Waals surface area contributed by atoms with E-state index in [9.17, 15) is 0 Å². The molecular formula is C9H6BrIS2. The van der Waals surface area contributed by atoms with Crippen molar-refractivity contribution >= 4 is 72.6 Å². The third-order valence-corrected chi connectivity index (χ3v) is 5.42. The fourth-order valence-electron chi connectivity index (χ4n) is 1.21. The van der Waals surface area contributed by atoms with E-state index in [-0.39, 0.29) is 0 Å². The maximum atomic E-state index is 4.51. The van der Waals surface area contributed by atoms with E-state index >= 15 is 0 Å². The van der Waals surface area contributed by atoms with E-state index in [0.717, 1.165) is 10.2 Å². The van der Waals surface area contributed by atoms with Gasteiger partial charge in [-0.05, 0) is 45.7 Å². The molecular weight excluding hydrogens is 379 g/mol. The second-order valence-corrected chi connectivity index (χ2v) is 5.70. The maximum absolute atomic E-state index is 4.51. The average molecular weight is 385 g/mol. The fraction of sp³-hybridized carbons (Fsp3) is 0.111. The molecule has 1 heterocycles. The molecule has 13 heavy (non-hydrogen) atoms. The number of thiophene rings is 1. The second-order valence-electron chi connectivity index (χ2n) is 2.66. The molecule has 2 aromatic rings. The van der Waals surface area contributed by atoms with Crippen molar-refractivity contribution in [2.75, 3.05) is 0 Å². The molecule has 0 bridgehead atoms. The molecule has 0 unspecified atom stereocenters. The molecule has 0 fully saturated rings. The van der Waals surface area contributed by atoms with Crippen LogP contribution >= 0.6 is 62.5 Å². The first kappa shape index (κ1) is 10.3. The lowest BCUT2D eigenvalue weighted by Crippen LogP contribution is -1.85. The molecule has 2 rings (SSSR count). The molecule has 0 saturated heterocycles. The Morgan fingerprint density at radius 1 is 1.54 bits per heavy atom. The fourth-order valence-corrected chi connectivity index (χ4v) is 3.99. The monoisotopic (exact) mass is 384 g/mol. The van der Waals surface area contributed by atoms with Crippen LogP contribution in [0, 0.1) is 3.57 Å². The quantitative estimate of drug-likeness (QED) is 0.411. The SMILES string of the molecule is Sc1c(CBr)cc2sccc2c1I. The van der Waals surface area contributed by atoms with E-state index in [1.807, 2.05) is 0 Å². The van der Waals surface area contributed by atoms with Crippen molar-refractivity contribution in [2.45, 2.75) is 10.2 Å². The lowest BCUT2D eigenvalue weighted by atomic mass is 10.2. The number of alkyl halides is 1. The van der Waals surface area contributed by atoms with Crippen molar-refractivity contribution in [2.24, 2.45) is 0 Å². The summed E-state index contributed by atoms with van der Waals surface area (Å²) in [6.07, 6.45) is 0. The molecule has 0 spiro atoms. The molecule has 0 nitrogen and oxygen atoms in total. The van der Waals surface area contributed by atoms with Crippen molar-refractivity contribution < 1.29 is 0 Å². The number of hydrogen-bond acceptors (Lipinski definition) is 2. The van der Waals surface area contributed by atoms with Gasteiger partial charge in [-0.3, -0.25) is 0 Å². The first-order valence-electron chi connectivity index (χ1n) is 3.67. The number of rotatable bonds is 1. The van der Waals surface area contributed by atoms with Crippen molar-refractivity contribution in [3.8, 4) is 0 Å². The Labute approximate surface area is 108 Å². The third-order valence-electron chi connectivity index (χ3n) is 1.89.